The van der Waals surface area contributed by atoms with Crippen molar-refractivity contribution in [2.75, 3.05) is 39.4 Å². The van der Waals surface area contributed by atoms with E-state index < -0.39 is 23.6 Å². The van der Waals surface area contributed by atoms with Gasteiger partial charge < -0.3 is 19.3 Å². The van der Waals surface area contributed by atoms with Gasteiger partial charge in [0.05, 0.1) is 11.5 Å². The average Bonchev–Trinajstić information content (AvgIpc) is 2.71. The number of carbonyl (C=O) groups is 3. The number of nitro benzene ring substituents is 1. The Balaban J connectivity index is 1.74. The number of esters is 1. The van der Waals surface area contributed by atoms with Crippen LogP contribution in [0.15, 0.2) is 30.3 Å². The normalized spacial score (nSPS) is 14.0. The molecule has 10 heteroatoms. The molecule has 1 aromatic rings. The van der Waals surface area contributed by atoms with Gasteiger partial charge in [0, 0.05) is 44.4 Å². The van der Waals surface area contributed by atoms with Crippen molar-refractivity contribution in [1.29, 1.82) is 0 Å². The predicted octanol–water partition coefficient (Wildman–Crippen LogP) is 1.45. The van der Waals surface area contributed by atoms with Crippen molar-refractivity contribution in [2.45, 2.75) is 6.92 Å². The highest BCUT2D eigenvalue weighted by atomic mass is 16.6. The molecule has 1 heterocycles. The molecule has 0 radical (unpaired) electrons. The summed E-state index contributed by atoms with van der Waals surface area (Å²) in [7, 11) is 0. The van der Waals surface area contributed by atoms with Crippen LogP contribution in [0.1, 0.15) is 12.5 Å². The maximum Gasteiger partial charge on any atom is 0.409 e. The fourth-order valence-electron chi connectivity index (χ4n) is 2.50. The maximum atomic E-state index is 12.1. The first kappa shape index (κ1) is 20.9. The predicted molar refractivity (Wildman–Crippen MR) is 98.3 cm³/mol. The lowest BCUT2D eigenvalue weighted by Gasteiger charge is -2.33. The molecule has 28 heavy (non-hydrogen) atoms. The Morgan fingerprint density at radius 2 is 1.68 bits per heavy atom. The second-order valence-corrected chi connectivity index (χ2v) is 5.86. The van der Waals surface area contributed by atoms with Crippen LogP contribution >= 0.6 is 0 Å². The molecule has 0 atom stereocenters. The van der Waals surface area contributed by atoms with Crippen LogP contribution in [0.5, 0.6) is 0 Å². The first-order valence-electron chi connectivity index (χ1n) is 8.69. The number of piperazine rings is 1. The Bertz CT molecular complexity index is 753. The van der Waals surface area contributed by atoms with Crippen molar-refractivity contribution in [1.82, 2.24) is 9.80 Å². The Labute approximate surface area is 161 Å². The van der Waals surface area contributed by atoms with Gasteiger partial charge in [0.15, 0.2) is 6.61 Å². The van der Waals surface area contributed by atoms with Crippen molar-refractivity contribution in [3.05, 3.63) is 46.0 Å². The molecular weight excluding hydrogens is 370 g/mol. The molecule has 2 amide bonds. The van der Waals surface area contributed by atoms with Gasteiger partial charge in [-0.1, -0.05) is 0 Å². The van der Waals surface area contributed by atoms with Crippen LogP contribution in [-0.4, -0.2) is 72.1 Å². The van der Waals surface area contributed by atoms with Crippen LogP contribution < -0.4 is 0 Å². The zero-order chi connectivity index (χ0) is 20.5. The largest absolute Gasteiger partial charge is 0.452 e. The van der Waals surface area contributed by atoms with E-state index >= 15 is 0 Å². The minimum absolute atomic E-state index is 0.0478. The first-order valence-corrected chi connectivity index (χ1v) is 8.69. The number of hydrogen-bond acceptors (Lipinski definition) is 7. The van der Waals surface area contributed by atoms with Crippen molar-refractivity contribution < 1.29 is 28.8 Å². The highest BCUT2D eigenvalue weighted by Crippen LogP contribution is 2.13. The molecule has 10 nitrogen and oxygen atoms in total. The number of nitrogens with zero attached hydrogens (tertiary/aromatic N) is 3. The number of non-ortho nitro benzene ring substituents is 1. The minimum Gasteiger partial charge on any atom is -0.452 e. The smallest absolute Gasteiger partial charge is 0.409 e. The molecule has 0 aromatic heterocycles. The molecule has 0 saturated carbocycles. The van der Waals surface area contributed by atoms with Crippen LogP contribution in [0.2, 0.25) is 0 Å². The lowest BCUT2D eigenvalue weighted by molar-refractivity contribution is -0.384. The van der Waals surface area contributed by atoms with Crippen LogP contribution in [-0.2, 0) is 19.1 Å². The fourth-order valence-corrected chi connectivity index (χ4v) is 2.50. The Kier molecular flexibility index (Phi) is 7.49. The maximum absolute atomic E-state index is 12.1. The molecule has 0 bridgehead atoms. The number of hydrogen-bond donors (Lipinski definition) is 0. The second kappa shape index (κ2) is 10.0. The Morgan fingerprint density at radius 1 is 1.07 bits per heavy atom. The summed E-state index contributed by atoms with van der Waals surface area (Å²) in [6.07, 6.45) is 2.18. The number of carbonyl (C=O) groups excluding carboxylic acids is 3. The molecule has 1 fully saturated rings. The summed E-state index contributed by atoms with van der Waals surface area (Å²) in [5.74, 6) is -1.04. The molecule has 2 rings (SSSR count). The van der Waals surface area contributed by atoms with Gasteiger partial charge in [-0.3, -0.25) is 14.9 Å². The summed E-state index contributed by atoms with van der Waals surface area (Å²) in [4.78, 5) is 48.6. The van der Waals surface area contributed by atoms with E-state index in [9.17, 15) is 24.5 Å². The van der Waals surface area contributed by atoms with E-state index in [0.29, 0.717) is 38.3 Å². The lowest BCUT2D eigenvalue weighted by atomic mass is 10.2. The Hall–Kier alpha value is -3.43. The van der Waals surface area contributed by atoms with Gasteiger partial charge in [-0.05, 0) is 30.7 Å². The third-order valence-electron chi connectivity index (χ3n) is 4.01. The number of benzene rings is 1. The quantitative estimate of drug-likeness (QED) is 0.311. The Morgan fingerprint density at radius 3 is 2.25 bits per heavy atom. The molecule has 1 aromatic carbocycles. The zero-order valence-electron chi connectivity index (χ0n) is 15.4. The number of rotatable bonds is 6. The van der Waals surface area contributed by atoms with E-state index in [-0.39, 0.29) is 11.6 Å². The van der Waals surface area contributed by atoms with Crippen LogP contribution in [0, 0.1) is 10.1 Å². The number of nitro groups is 1. The van der Waals surface area contributed by atoms with E-state index in [2.05, 4.69) is 0 Å². The highest BCUT2D eigenvalue weighted by molar-refractivity contribution is 5.89. The van der Waals surface area contributed by atoms with E-state index in [0.717, 1.165) is 6.08 Å². The molecular formula is C18H21N3O7. The van der Waals surface area contributed by atoms with E-state index in [1.165, 1.54) is 40.1 Å². The van der Waals surface area contributed by atoms with Crippen molar-refractivity contribution in [3.8, 4) is 0 Å². The van der Waals surface area contributed by atoms with Gasteiger partial charge in [-0.2, -0.15) is 0 Å². The third kappa shape index (κ3) is 6.08. The average molecular weight is 391 g/mol. The zero-order valence-corrected chi connectivity index (χ0v) is 15.4. The van der Waals surface area contributed by atoms with Crippen molar-refractivity contribution in [3.63, 3.8) is 0 Å². The fraction of sp³-hybridized carbons (Fsp3) is 0.389. The molecule has 1 aliphatic heterocycles. The van der Waals surface area contributed by atoms with Gasteiger partial charge in [0.25, 0.3) is 11.6 Å². The summed E-state index contributed by atoms with van der Waals surface area (Å²) >= 11 is 0. The van der Waals surface area contributed by atoms with E-state index in [4.69, 9.17) is 9.47 Å². The van der Waals surface area contributed by atoms with E-state index in [1.807, 2.05) is 0 Å². The van der Waals surface area contributed by atoms with Crippen molar-refractivity contribution >= 4 is 29.7 Å². The standard InChI is InChI=1S/C18H21N3O7/c1-2-27-18(24)20-11-9-19(10-12-20)16(22)13-28-17(23)8-5-14-3-6-15(7-4-14)21(25)26/h3-8H,2,9-13H2,1H3/b8-5+. The van der Waals surface area contributed by atoms with Crippen LogP contribution in [0.25, 0.3) is 6.08 Å². The molecule has 1 aliphatic rings. The SMILES string of the molecule is CCOC(=O)N1CCN(C(=O)COC(=O)/C=C/c2ccc([N+](=O)[O-])cc2)CC1. The molecule has 0 spiro atoms. The van der Waals surface area contributed by atoms with Gasteiger partial charge in [0.1, 0.15) is 0 Å². The third-order valence-corrected chi connectivity index (χ3v) is 4.01. The molecule has 0 N–H and O–H groups in total. The molecule has 0 unspecified atom stereocenters. The van der Waals surface area contributed by atoms with Gasteiger partial charge in [-0.15, -0.1) is 0 Å². The summed E-state index contributed by atoms with van der Waals surface area (Å²) in [6.45, 7) is 3.02. The highest BCUT2D eigenvalue weighted by Gasteiger charge is 2.25. The first-order chi connectivity index (χ1) is 13.4. The van der Waals surface area contributed by atoms with Crippen molar-refractivity contribution in [2.24, 2.45) is 0 Å². The van der Waals surface area contributed by atoms with Gasteiger partial charge in [0.2, 0.25) is 0 Å². The molecule has 1 saturated heterocycles. The van der Waals surface area contributed by atoms with Crippen LogP contribution in [0.4, 0.5) is 10.5 Å². The summed E-state index contributed by atoms with van der Waals surface area (Å²) in [6, 6.07) is 5.64. The summed E-state index contributed by atoms with van der Waals surface area (Å²) < 4.78 is 9.83. The topological polar surface area (TPSA) is 119 Å². The monoisotopic (exact) mass is 391 g/mol. The number of ether oxygens (including phenoxy) is 2. The lowest BCUT2D eigenvalue weighted by Crippen LogP contribution is -2.51. The van der Waals surface area contributed by atoms with Gasteiger partial charge >= 0.3 is 12.1 Å². The molecule has 0 aliphatic carbocycles. The minimum atomic E-state index is -0.697. The second-order valence-electron chi connectivity index (χ2n) is 5.86. The van der Waals surface area contributed by atoms with Gasteiger partial charge in [-0.25, -0.2) is 9.59 Å². The molecule has 150 valence electrons. The van der Waals surface area contributed by atoms with E-state index in [1.54, 1.807) is 6.92 Å². The number of amides is 2. The van der Waals surface area contributed by atoms with Crippen LogP contribution in [0.3, 0.4) is 0 Å². The summed E-state index contributed by atoms with van der Waals surface area (Å²) in [5.41, 5.74) is 0.539. The summed E-state index contributed by atoms with van der Waals surface area (Å²) in [5, 5.41) is 10.6.